The Hall–Kier alpha value is -4.31. The highest BCUT2D eigenvalue weighted by atomic mass is 16.5. The smallest absolute Gasteiger partial charge is 0.326 e. The molecule has 3 aromatic carbocycles. The zero-order chi connectivity index (χ0) is 24.5. The Morgan fingerprint density at radius 3 is 2.50 bits per heavy atom. The van der Waals surface area contributed by atoms with Crippen molar-refractivity contribution < 1.29 is 24.5 Å². The van der Waals surface area contributed by atoms with Gasteiger partial charge in [-0.2, -0.15) is 0 Å². The van der Waals surface area contributed by atoms with E-state index in [0.717, 1.165) is 5.56 Å². The topological polar surface area (TPSA) is 100 Å². The van der Waals surface area contributed by atoms with Crippen LogP contribution in [-0.2, 0) is 4.79 Å². The van der Waals surface area contributed by atoms with Crippen LogP contribution in [0.25, 0.3) is 4.85 Å². The fourth-order valence-corrected chi connectivity index (χ4v) is 3.46. The van der Waals surface area contributed by atoms with E-state index >= 15 is 0 Å². The van der Waals surface area contributed by atoms with Crippen LogP contribution in [0.5, 0.6) is 11.5 Å². The highest BCUT2D eigenvalue weighted by Gasteiger charge is 2.18. The fraction of sp³-hybridized carbons (Fsp3) is 0.222. The number of aryl methyl sites for hydroxylation is 1. The molecule has 1 unspecified atom stereocenters. The van der Waals surface area contributed by atoms with Crippen LogP contribution in [0, 0.1) is 13.5 Å². The standard InChI is InChI=1S/C27H26N2O5/c1-18-11-12-20(28-2)16-24(18)29-23(27(32)33)10-6-7-15-34-21-13-14-22(25(30)17-21)26(31)19-8-4-3-5-9-19/h3-5,8-9,11-14,16-17,23,29-30H,6-7,10,15H2,1H3,(H,32,33). The second-order valence-electron chi connectivity index (χ2n) is 7.86. The zero-order valence-electron chi connectivity index (χ0n) is 18.8. The van der Waals surface area contributed by atoms with Crippen molar-refractivity contribution in [2.45, 2.75) is 32.2 Å². The third kappa shape index (κ3) is 6.36. The number of rotatable bonds is 11. The molecular weight excluding hydrogens is 432 g/mol. The van der Waals surface area contributed by atoms with Crippen LogP contribution in [-0.4, -0.2) is 34.6 Å². The predicted molar refractivity (Wildman–Crippen MR) is 130 cm³/mol. The van der Waals surface area contributed by atoms with E-state index in [1.54, 1.807) is 48.5 Å². The van der Waals surface area contributed by atoms with Crippen LogP contribution >= 0.6 is 0 Å². The number of ketones is 1. The lowest BCUT2D eigenvalue weighted by atomic mass is 10.0. The van der Waals surface area contributed by atoms with Gasteiger partial charge in [0.2, 0.25) is 0 Å². The zero-order valence-corrected chi connectivity index (χ0v) is 18.8. The third-order valence-corrected chi connectivity index (χ3v) is 5.38. The number of carbonyl (C=O) groups excluding carboxylic acids is 1. The van der Waals surface area contributed by atoms with Crippen LogP contribution in [0.4, 0.5) is 11.4 Å². The van der Waals surface area contributed by atoms with Crippen molar-refractivity contribution in [2.24, 2.45) is 0 Å². The van der Waals surface area contributed by atoms with Gasteiger partial charge < -0.3 is 20.3 Å². The number of aliphatic carboxylic acids is 1. The first-order chi connectivity index (χ1) is 16.4. The number of aromatic hydroxyl groups is 1. The minimum absolute atomic E-state index is 0.154. The lowest BCUT2D eigenvalue weighted by molar-refractivity contribution is -0.138. The number of carbonyl (C=O) groups is 2. The normalized spacial score (nSPS) is 11.3. The summed E-state index contributed by atoms with van der Waals surface area (Å²) in [5, 5.41) is 22.8. The molecule has 0 saturated carbocycles. The number of anilines is 1. The van der Waals surface area contributed by atoms with Crippen molar-refractivity contribution in [3.8, 4) is 11.5 Å². The van der Waals surface area contributed by atoms with E-state index < -0.39 is 12.0 Å². The molecule has 3 N–H and O–H groups in total. The van der Waals surface area contributed by atoms with Gasteiger partial charge in [-0.25, -0.2) is 9.64 Å². The number of phenolic OH excluding ortho intramolecular Hbond substituents is 1. The summed E-state index contributed by atoms with van der Waals surface area (Å²) in [5.41, 5.74) is 2.65. The fourth-order valence-electron chi connectivity index (χ4n) is 3.46. The molecule has 0 amide bonds. The molecule has 1 atom stereocenters. The molecule has 174 valence electrons. The number of hydrogen-bond acceptors (Lipinski definition) is 5. The molecule has 0 fully saturated rings. The highest BCUT2D eigenvalue weighted by molar-refractivity contribution is 6.10. The minimum atomic E-state index is -0.961. The van der Waals surface area contributed by atoms with Crippen LogP contribution < -0.4 is 10.1 Å². The highest BCUT2D eigenvalue weighted by Crippen LogP contribution is 2.27. The maximum atomic E-state index is 12.5. The largest absolute Gasteiger partial charge is 0.507 e. The molecule has 0 aromatic heterocycles. The van der Waals surface area contributed by atoms with E-state index in [1.165, 1.54) is 12.1 Å². The number of unbranched alkanes of at least 4 members (excludes halogenated alkanes) is 1. The molecule has 0 spiro atoms. The molecule has 0 radical (unpaired) electrons. The van der Waals surface area contributed by atoms with Crippen LogP contribution in [0.2, 0.25) is 0 Å². The monoisotopic (exact) mass is 458 g/mol. The Balaban J connectivity index is 1.50. The Bertz CT molecular complexity index is 1200. The van der Waals surface area contributed by atoms with Gasteiger partial charge in [0.25, 0.3) is 0 Å². The second kappa shape index (κ2) is 11.5. The van der Waals surface area contributed by atoms with Crippen molar-refractivity contribution in [2.75, 3.05) is 11.9 Å². The van der Waals surface area contributed by atoms with Gasteiger partial charge in [0.15, 0.2) is 11.5 Å². The molecule has 0 heterocycles. The minimum Gasteiger partial charge on any atom is -0.507 e. The van der Waals surface area contributed by atoms with Crippen molar-refractivity contribution >= 4 is 23.1 Å². The maximum absolute atomic E-state index is 12.5. The van der Waals surface area contributed by atoms with Gasteiger partial charge in [0.1, 0.15) is 17.5 Å². The molecular formula is C27H26N2O5. The number of ether oxygens (including phenoxy) is 1. The predicted octanol–water partition coefficient (Wildman–Crippen LogP) is 5.60. The Labute approximate surface area is 198 Å². The first-order valence-corrected chi connectivity index (χ1v) is 10.9. The van der Waals surface area contributed by atoms with Gasteiger partial charge in [-0.3, -0.25) is 4.79 Å². The Morgan fingerprint density at radius 2 is 1.82 bits per heavy atom. The summed E-state index contributed by atoms with van der Waals surface area (Å²) in [4.78, 5) is 27.6. The van der Waals surface area contributed by atoms with E-state index in [-0.39, 0.29) is 17.1 Å². The molecule has 7 nitrogen and oxygen atoms in total. The number of carboxylic acids is 1. The van der Waals surface area contributed by atoms with Crippen LogP contribution in [0.1, 0.15) is 40.7 Å². The van der Waals surface area contributed by atoms with Crippen LogP contribution in [0.3, 0.4) is 0 Å². The first-order valence-electron chi connectivity index (χ1n) is 10.9. The summed E-state index contributed by atoms with van der Waals surface area (Å²) in [5.74, 6) is -0.953. The lowest BCUT2D eigenvalue weighted by Crippen LogP contribution is -2.29. The quantitative estimate of drug-likeness (QED) is 0.197. The van der Waals surface area contributed by atoms with Gasteiger partial charge in [-0.15, -0.1) is 0 Å². The third-order valence-electron chi connectivity index (χ3n) is 5.38. The summed E-state index contributed by atoms with van der Waals surface area (Å²) in [7, 11) is 0. The van der Waals surface area contributed by atoms with Crippen molar-refractivity contribution in [3.63, 3.8) is 0 Å². The molecule has 3 aromatic rings. The number of nitrogens with one attached hydrogen (secondary N) is 1. The average Bonchev–Trinajstić information content (AvgIpc) is 2.84. The number of carboxylic acid groups (broad SMARTS) is 1. The van der Waals surface area contributed by atoms with E-state index in [9.17, 15) is 19.8 Å². The number of benzene rings is 3. The lowest BCUT2D eigenvalue weighted by Gasteiger charge is -2.18. The van der Waals surface area contributed by atoms with Crippen molar-refractivity contribution in [1.29, 1.82) is 0 Å². The molecule has 0 aliphatic rings. The number of phenols is 1. The van der Waals surface area contributed by atoms with E-state index in [1.807, 2.05) is 13.0 Å². The Morgan fingerprint density at radius 1 is 1.06 bits per heavy atom. The SMILES string of the molecule is [C-]#[N+]c1ccc(C)c(NC(CCCCOc2ccc(C(=O)c3ccccc3)c(O)c2)C(=O)O)c1. The van der Waals surface area contributed by atoms with E-state index in [2.05, 4.69) is 10.2 Å². The van der Waals surface area contributed by atoms with Crippen LogP contribution in [0.15, 0.2) is 66.7 Å². The van der Waals surface area contributed by atoms with E-state index in [0.29, 0.717) is 48.6 Å². The summed E-state index contributed by atoms with van der Waals surface area (Å²) in [6.07, 6.45) is 1.59. The first kappa shape index (κ1) is 24.3. The molecule has 0 aliphatic heterocycles. The van der Waals surface area contributed by atoms with Gasteiger partial charge in [-0.1, -0.05) is 42.5 Å². The van der Waals surface area contributed by atoms with Gasteiger partial charge in [0.05, 0.1) is 18.7 Å². The molecule has 0 aliphatic carbocycles. The van der Waals surface area contributed by atoms with Gasteiger partial charge in [-0.05, 0) is 49.9 Å². The molecule has 0 bridgehead atoms. The number of hydrogen-bond donors (Lipinski definition) is 3. The summed E-state index contributed by atoms with van der Waals surface area (Å²) in [6.45, 7) is 9.32. The average molecular weight is 459 g/mol. The molecule has 3 rings (SSSR count). The molecule has 34 heavy (non-hydrogen) atoms. The Kier molecular flexibility index (Phi) is 8.25. The van der Waals surface area contributed by atoms with Crippen molar-refractivity contribution in [1.82, 2.24) is 0 Å². The van der Waals surface area contributed by atoms with Gasteiger partial charge in [0, 0.05) is 17.3 Å². The van der Waals surface area contributed by atoms with Crippen molar-refractivity contribution in [3.05, 3.63) is 94.8 Å². The van der Waals surface area contributed by atoms with E-state index in [4.69, 9.17) is 11.3 Å². The molecule has 7 heteroatoms. The molecule has 0 saturated heterocycles. The summed E-state index contributed by atoms with van der Waals surface area (Å²) in [6, 6.07) is 17.6. The number of nitrogens with zero attached hydrogens (tertiary/aromatic N) is 1. The summed E-state index contributed by atoms with van der Waals surface area (Å²) >= 11 is 0. The maximum Gasteiger partial charge on any atom is 0.326 e. The van der Waals surface area contributed by atoms with Gasteiger partial charge >= 0.3 is 5.97 Å². The summed E-state index contributed by atoms with van der Waals surface area (Å²) < 4.78 is 5.66. The second-order valence-corrected chi connectivity index (χ2v) is 7.86.